The molecule has 0 amide bonds. The summed E-state index contributed by atoms with van der Waals surface area (Å²) in [7, 11) is 0. The van der Waals surface area contributed by atoms with Gasteiger partial charge in [0.15, 0.2) is 0 Å². The van der Waals surface area contributed by atoms with E-state index in [1.54, 1.807) is 0 Å². The van der Waals surface area contributed by atoms with E-state index in [0.717, 1.165) is 37.2 Å². The van der Waals surface area contributed by atoms with Crippen molar-refractivity contribution in [3.63, 3.8) is 0 Å². The first-order valence-corrected chi connectivity index (χ1v) is 9.01. The maximum absolute atomic E-state index is 10.3. The molecule has 2 saturated heterocycles. The van der Waals surface area contributed by atoms with Crippen LogP contribution in [0.25, 0.3) is 11.3 Å². The molecule has 0 aliphatic carbocycles. The second-order valence-corrected chi connectivity index (χ2v) is 6.85. The van der Waals surface area contributed by atoms with E-state index in [1.165, 1.54) is 0 Å². The van der Waals surface area contributed by atoms with Gasteiger partial charge in [0.2, 0.25) is 0 Å². The van der Waals surface area contributed by atoms with Crippen LogP contribution in [0.1, 0.15) is 12.8 Å². The Bertz CT molecular complexity index is 671. The quantitative estimate of drug-likeness (QED) is 0.730. The zero-order chi connectivity index (χ0) is 17.1. The summed E-state index contributed by atoms with van der Waals surface area (Å²) in [6.45, 7) is 3.00. The number of nitrogens with one attached hydrogen (secondary N) is 2. The molecule has 0 saturated carbocycles. The molecule has 3 atom stereocenters. The van der Waals surface area contributed by atoms with Crippen LogP contribution in [0.5, 0.6) is 0 Å². The molecule has 134 valence electrons. The van der Waals surface area contributed by atoms with E-state index >= 15 is 0 Å². The lowest BCUT2D eigenvalue weighted by molar-refractivity contribution is 0.0730. The summed E-state index contributed by atoms with van der Waals surface area (Å²) < 4.78 is 7.63. The first-order chi connectivity index (χ1) is 12.3. The Balaban J connectivity index is 1.41. The second kappa shape index (κ2) is 7.61. The lowest BCUT2D eigenvalue weighted by Crippen LogP contribution is -2.52. The summed E-state index contributed by atoms with van der Waals surface area (Å²) >= 11 is 0. The molecule has 1 aromatic carbocycles. The molecule has 2 aliphatic rings. The van der Waals surface area contributed by atoms with E-state index in [1.807, 2.05) is 41.2 Å². The molecule has 25 heavy (non-hydrogen) atoms. The summed E-state index contributed by atoms with van der Waals surface area (Å²) in [6, 6.07) is 10.4. The van der Waals surface area contributed by atoms with Crippen molar-refractivity contribution in [1.82, 2.24) is 25.6 Å². The van der Waals surface area contributed by atoms with Crippen molar-refractivity contribution in [3.8, 4) is 11.3 Å². The predicted molar refractivity (Wildman–Crippen MR) is 94.0 cm³/mol. The van der Waals surface area contributed by atoms with Crippen LogP contribution < -0.4 is 10.6 Å². The Kier molecular flexibility index (Phi) is 5.07. The molecular weight excluding hydrogens is 318 g/mol. The maximum atomic E-state index is 10.3. The van der Waals surface area contributed by atoms with Gasteiger partial charge >= 0.3 is 0 Å². The van der Waals surface area contributed by atoms with E-state index < -0.39 is 6.10 Å². The maximum Gasteiger partial charge on any atom is 0.113 e. The Morgan fingerprint density at radius 3 is 2.84 bits per heavy atom. The Labute approximate surface area is 147 Å². The Hall–Kier alpha value is -1.80. The number of benzene rings is 1. The highest BCUT2D eigenvalue weighted by atomic mass is 16.5. The van der Waals surface area contributed by atoms with Gasteiger partial charge in [0.05, 0.1) is 37.6 Å². The molecule has 3 N–H and O–H groups in total. The van der Waals surface area contributed by atoms with Crippen molar-refractivity contribution in [2.75, 3.05) is 19.7 Å². The largest absolute Gasteiger partial charge is 0.389 e. The average Bonchev–Trinajstić information content (AvgIpc) is 3.26. The fourth-order valence-electron chi connectivity index (χ4n) is 3.64. The van der Waals surface area contributed by atoms with Gasteiger partial charge in [-0.05, 0) is 25.9 Å². The number of nitrogens with zero attached hydrogens (tertiary/aromatic N) is 3. The number of aliphatic hydroxyl groups is 1. The summed E-state index contributed by atoms with van der Waals surface area (Å²) in [5.41, 5.74) is 1.90. The minimum atomic E-state index is -0.475. The predicted octanol–water partition coefficient (Wildman–Crippen LogP) is 0.415. The number of rotatable bonds is 5. The van der Waals surface area contributed by atoms with Crippen LogP contribution in [0.4, 0.5) is 0 Å². The molecule has 2 fully saturated rings. The van der Waals surface area contributed by atoms with E-state index in [0.29, 0.717) is 19.2 Å². The van der Waals surface area contributed by atoms with Gasteiger partial charge in [-0.15, -0.1) is 5.10 Å². The molecule has 0 bridgehead atoms. The van der Waals surface area contributed by atoms with Crippen molar-refractivity contribution in [1.29, 1.82) is 0 Å². The minimum absolute atomic E-state index is 0.0625. The fourth-order valence-corrected chi connectivity index (χ4v) is 3.64. The summed E-state index contributed by atoms with van der Waals surface area (Å²) in [5.74, 6) is 0. The van der Waals surface area contributed by atoms with Crippen LogP contribution in [-0.4, -0.2) is 64.1 Å². The number of piperidine rings is 1. The van der Waals surface area contributed by atoms with Gasteiger partial charge in [-0.3, -0.25) is 0 Å². The minimum Gasteiger partial charge on any atom is -0.389 e. The van der Waals surface area contributed by atoms with Crippen LogP contribution in [-0.2, 0) is 11.3 Å². The van der Waals surface area contributed by atoms with Crippen molar-refractivity contribution < 1.29 is 9.84 Å². The zero-order valence-electron chi connectivity index (χ0n) is 14.2. The number of hydrogen-bond acceptors (Lipinski definition) is 6. The van der Waals surface area contributed by atoms with E-state index in [4.69, 9.17) is 4.74 Å². The molecule has 0 spiro atoms. The fraction of sp³-hybridized carbons (Fsp3) is 0.556. The average molecular weight is 343 g/mol. The van der Waals surface area contributed by atoms with E-state index in [-0.39, 0.29) is 12.1 Å². The molecule has 4 rings (SSSR count). The van der Waals surface area contributed by atoms with Crippen molar-refractivity contribution in [2.45, 2.75) is 43.7 Å². The SMILES string of the molecule is O[C@H]1CO[C@H](Cn2cc(-c3ccccc3)nn2)[C@@H]1NC1CCNCC1. The van der Waals surface area contributed by atoms with Gasteiger partial charge in [-0.1, -0.05) is 35.5 Å². The standard InChI is InChI=1S/C18H25N5O2/c24-16-12-25-17(18(16)20-14-6-8-19-9-7-14)11-23-10-15(21-22-23)13-4-2-1-3-5-13/h1-5,10,14,16-20,24H,6-9,11-12H2/t16-,17+,18+/m0/s1. The highest BCUT2D eigenvalue weighted by Gasteiger charge is 2.37. The molecule has 0 radical (unpaired) electrons. The van der Waals surface area contributed by atoms with Gasteiger partial charge in [0.25, 0.3) is 0 Å². The second-order valence-electron chi connectivity index (χ2n) is 6.85. The molecule has 1 aromatic heterocycles. The lowest BCUT2D eigenvalue weighted by atomic mass is 10.0. The van der Waals surface area contributed by atoms with E-state index in [9.17, 15) is 5.11 Å². The molecular formula is C18H25N5O2. The highest BCUT2D eigenvalue weighted by Crippen LogP contribution is 2.20. The zero-order valence-corrected chi connectivity index (χ0v) is 14.2. The monoisotopic (exact) mass is 343 g/mol. The smallest absolute Gasteiger partial charge is 0.113 e. The number of hydrogen-bond donors (Lipinski definition) is 3. The van der Waals surface area contributed by atoms with Crippen molar-refractivity contribution in [2.24, 2.45) is 0 Å². The van der Waals surface area contributed by atoms with E-state index in [2.05, 4.69) is 20.9 Å². The topological polar surface area (TPSA) is 84.2 Å². The Morgan fingerprint density at radius 1 is 1.24 bits per heavy atom. The van der Waals surface area contributed by atoms with Crippen LogP contribution in [0.2, 0.25) is 0 Å². The molecule has 7 nitrogen and oxygen atoms in total. The van der Waals surface area contributed by atoms with Gasteiger partial charge in [0, 0.05) is 11.6 Å². The summed E-state index contributed by atoms with van der Waals surface area (Å²) in [5, 5.41) is 25.8. The normalized spacial score (nSPS) is 27.6. The third-order valence-electron chi connectivity index (χ3n) is 5.04. The molecule has 2 aliphatic heterocycles. The van der Waals surface area contributed by atoms with Gasteiger partial charge in [-0.2, -0.15) is 0 Å². The summed E-state index contributed by atoms with van der Waals surface area (Å²) in [6.07, 6.45) is 3.52. The van der Waals surface area contributed by atoms with Crippen LogP contribution in [0.15, 0.2) is 36.5 Å². The van der Waals surface area contributed by atoms with Crippen molar-refractivity contribution in [3.05, 3.63) is 36.5 Å². The molecule has 3 heterocycles. The number of aliphatic hydroxyl groups excluding tert-OH is 1. The molecule has 2 aromatic rings. The van der Waals surface area contributed by atoms with Crippen molar-refractivity contribution >= 4 is 0 Å². The third kappa shape index (κ3) is 3.90. The van der Waals surface area contributed by atoms with Crippen LogP contribution in [0.3, 0.4) is 0 Å². The Morgan fingerprint density at radius 2 is 2.04 bits per heavy atom. The van der Waals surface area contributed by atoms with Gasteiger partial charge < -0.3 is 20.5 Å². The first-order valence-electron chi connectivity index (χ1n) is 9.01. The molecule has 0 unspecified atom stereocenters. The highest BCUT2D eigenvalue weighted by molar-refractivity contribution is 5.57. The van der Waals surface area contributed by atoms with Crippen LogP contribution >= 0.6 is 0 Å². The van der Waals surface area contributed by atoms with Gasteiger partial charge in [-0.25, -0.2) is 4.68 Å². The number of ether oxygens (including phenoxy) is 1. The lowest BCUT2D eigenvalue weighted by Gasteiger charge is -2.30. The van der Waals surface area contributed by atoms with Gasteiger partial charge in [0.1, 0.15) is 5.69 Å². The summed E-state index contributed by atoms with van der Waals surface area (Å²) in [4.78, 5) is 0. The third-order valence-corrected chi connectivity index (χ3v) is 5.04. The first kappa shape index (κ1) is 16.7. The number of aromatic nitrogens is 3. The van der Waals surface area contributed by atoms with Crippen LogP contribution in [0, 0.1) is 0 Å². The molecule has 7 heteroatoms.